The molecule has 2 aromatic carbocycles. The molecule has 0 spiro atoms. The fraction of sp³-hybridized carbons (Fsp3) is 0.292. The number of nitrogens with zero attached hydrogens (tertiary/aromatic N) is 3. The van der Waals surface area contributed by atoms with Crippen LogP contribution >= 0.6 is 0 Å². The lowest BCUT2D eigenvalue weighted by Crippen LogP contribution is -2.26. The topological polar surface area (TPSA) is 77.1 Å². The van der Waals surface area contributed by atoms with Crippen molar-refractivity contribution in [1.82, 2.24) is 14.3 Å². The van der Waals surface area contributed by atoms with Crippen molar-refractivity contribution in [3.63, 3.8) is 0 Å². The largest absolute Gasteiger partial charge is 0.478 e. The Bertz CT molecular complexity index is 1110. The third kappa shape index (κ3) is 4.76. The first-order valence-electron chi connectivity index (χ1n) is 10.1. The van der Waals surface area contributed by atoms with E-state index in [2.05, 4.69) is 18.9 Å². The molecule has 0 aliphatic heterocycles. The van der Waals surface area contributed by atoms with E-state index < -0.39 is 5.97 Å². The summed E-state index contributed by atoms with van der Waals surface area (Å²) in [7, 11) is 0. The highest BCUT2D eigenvalue weighted by Crippen LogP contribution is 2.24. The molecule has 3 rings (SSSR count). The summed E-state index contributed by atoms with van der Waals surface area (Å²) < 4.78 is 3.22. The van der Waals surface area contributed by atoms with Crippen LogP contribution in [-0.2, 0) is 19.5 Å². The maximum atomic E-state index is 12.9. The van der Waals surface area contributed by atoms with E-state index in [1.54, 1.807) is 22.8 Å². The van der Waals surface area contributed by atoms with E-state index in [1.165, 1.54) is 4.68 Å². The third-order valence-corrected chi connectivity index (χ3v) is 4.87. The lowest BCUT2D eigenvalue weighted by molar-refractivity contribution is 0.0697. The predicted molar refractivity (Wildman–Crippen MR) is 118 cm³/mol. The van der Waals surface area contributed by atoms with Gasteiger partial charge >= 0.3 is 11.7 Å². The molecular weight excluding hydrogens is 378 g/mol. The van der Waals surface area contributed by atoms with E-state index in [9.17, 15) is 14.7 Å². The Hall–Kier alpha value is -3.41. The van der Waals surface area contributed by atoms with Gasteiger partial charge in [-0.05, 0) is 35.6 Å². The number of carbonyl (C=O) groups is 1. The smallest absolute Gasteiger partial charge is 0.346 e. The molecule has 0 fully saturated rings. The Kier molecular flexibility index (Phi) is 6.67. The van der Waals surface area contributed by atoms with E-state index >= 15 is 0 Å². The van der Waals surface area contributed by atoms with Crippen molar-refractivity contribution in [2.45, 2.75) is 40.3 Å². The van der Waals surface area contributed by atoms with Crippen molar-refractivity contribution >= 4 is 5.97 Å². The summed E-state index contributed by atoms with van der Waals surface area (Å²) in [6.45, 7) is 7.01. The second-order valence-electron chi connectivity index (χ2n) is 7.68. The maximum absolute atomic E-state index is 12.9. The Morgan fingerprint density at radius 1 is 1.13 bits per heavy atom. The number of aromatic carboxylic acids is 1. The van der Waals surface area contributed by atoms with Gasteiger partial charge in [0.25, 0.3) is 0 Å². The number of aromatic nitrogens is 3. The van der Waals surface area contributed by atoms with E-state index in [1.807, 2.05) is 49.4 Å². The van der Waals surface area contributed by atoms with E-state index in [4.69, 9.17) is 0 Å². The Morgan fingerprint density at radius 2 is 1.83 bits per heavy atom. The highest BCUT2D eigenvalue weighted by Gasteiger charge is 2.15. The number of carboxylic acids is 1. The molecule has 0 aliphatic rings. The van der Waals surface area contributed by atoms with Crippen molar-refractivity contribution in [3.8, 4) is 11.1 Å². The molecule has 3 aromatic rings. The number of hydrogen-bond acceptors (Lipinski definition) is 3. The van der Waals surface area contributed by atoms with Crippen LogP contribution in [0.25, 0.3) is 11.1 Å². The molecule has 1 N–H and O–H groups in total. The van der Waals surface area contributed by atoms with E-state index in [0.717, 1.165) is 23.4 Å². The molecule has 30 heavy (non-hydrogen) atoms. The van der Waals surface area contributed by atoms with Crippen molar-refractivity contribution in [2.24, 2.45) is 5.92 Å². The SMILES string of the molecule is CC=CCn1nc(CC(C)C)n(Cc2ccc(-c3ccccc3C(=O)O)cc2)c1=O. The average Bonchev–Trinajstić information content (AvgIpc) is 3.01. The van der Waals surface area contributed by atoms with Gasteiger partial charge in [-0.2, -0.15) is 5.10 Å². The van der Waals surface area contributed by atoms with Gasteiger partial charge in [0.1, 0.15) is 5.82 Å². The van der Waals surface area contributed by atoms with Crippen LogP contribution in [0, 0.1) is 5.92 Å². The van der Waals surface area contributed by atoms with E-state index in [-0.39, 0.29) is 11.3 Å². The van der Waals surface area contributed by atoms with Gasteiger partial charge in [-0.25, -0.2) is 14.3 Å². The fourth-order valence-electron chi connectivity index (χ4n) is 3.38. The number of carboxylic acid groups (broad SMARTS) is 1. The quantitative estimate of drug-likeness (QED) is 0.569. The zero-order valence-electron chi connectivity index (χ0n) is 17.6. The first kappa shape index (κ1) is 21.3. The first-order chi connectivity index (χ1) is 14.4. The van der Waals surface area contributed by atoms with Crippen LogP contribution in [0.3, 0.4) is 0 Å². The van der Waals surface area contributed by atoms with Gasteiger partial charge in [0.2, 0.25) is 0 Å². The summed E-state index contributed by atoms with van der Waals surface area (Å²) in [5, 5.41) is 14.0. The lowest BCUT2D eigenvalue weighted by atomic mass is 9.99. The van der Waals surface area contributed by atoms with Crippen molar-refractivity contribution in [2.75, 3.05) is 0 Å². The molecule has 0 amide bonds. The van der Waals surface area contributed by atoms with Gasteiger partial charge in [-0.3, -0.25) is 4.57 Å². The molecule has 6 nitrogen and oxygen atoms in total. The number of allylic oxidation sites excluding steroid dienone is 2. The summed E-state index contributed by atoms with van der Waals surface area (Å²) in [5.41, 5.74) is 2.61. The van der Waals surface area contributed by atoms with E-state index in [0.29, 0.717) is 24.6 Å². The molecule has 1 heterocycles. The molecule has 6 heteroatoms. The molecule has 0 saturated carbocycles. The van der Waals surface area contributed by atoms with Crippen molar-refractivity contribution in [1.29, 1.82) is 0 Å². The second-order valence-corrected chi connectivity index (χ2v) is 7.68. The maximum Gasteiger partial charge on any atom is 0.346 e. The molecule has 0 radical (unpaired) electrons. The van der Waals surface area contributed by atoms with Crippen LogP contribution in [0.5, 0.6) is 0 Å². The molecule has 0 aliphatic carbocycles. The van der Waals surface area contributed by atoms with Crippen LogP contribution in [0.1, 0.15) is 42.5 Å². The summed E-state index contributed by atoms with van der Waals surface area (Å²) in [5.74, 6) is 0.212. The minimum absolute atomic E-state index is 0.121. The predicted octanol–water partition coefficient (Wildman–Crippen LogP) is 4.23. The van der Waals surface area contributed by atoms with Gasteiger partial charge in [0, 0.05) is 6.42 Å². The van der Waals surface area contributed by atoms with Crippen LogP contribution in [0.4, 0.5) is 0 Å². The standard InChI is InChI=1S/C24H27N3O3/c1-4-5-14-27-24(30)26(22(25-27)15-17(2)3)16-18-10-12-19(13-11-18)20-8-6-7-9-21(20)23(28)29/h4-13,17H,14-16H2,1-3H3,(H,28,29). The molecule has 1 aromatic heterocycles. The Labute approximate surface area is 176 Å². The van der Waals surface area contributed by atoms with Gasteiger partial charge in [0.05, 0.1) is 18.7 Å². The molecule has 0 saturated heterocycles. The first-order valence-corrected chi connectivity index (χ1v) is 10.1. The molecule has 0 bridgehead atoms. The summed E-state index contributed by atoms with van der Waals surface area (Å²) in [4.78, 5) is 24.3. The third-order valence-electron chi connectivity index (χ3n) is 4.87. The van der Waals surface area contributed by atoms with Crippen LogP contribution in [-0.4, -0.2) is 25.4 Å². The Morgan fingerprint density at radius 3 is 2.47 bits per heavy atom. The van der Waals surface area contributed by atoms with Crippen LogP contribution in [0.2, 0.25) is 0 Å². The van der Waals surface area contributed by atoms with Crippen molar-refractivity contribution in [3.05, 3.63) is 88.1 Å². The van der Waals surface area contributed by atoms with Crippen LogP contribution in [0.15, 0.2) is 65.5 Å². The highest BCUT2D eigenvalue weighted by molar-refractivity contribution is 5.95. The molecular formula is C24H27N3O3. The molecule has 156 valence electrons. The summed E-state index contributed by atoms with van der Waals surface area (Å²) >= 11 is 0. The lowest BCUT2D eigenvalue weighted by Gasteiger charge is -2.10. The summed E-state index contributed by atoms with van der Waals surface area (Å²) in [6.07, 6.45) is 4.54. The molecule has 0 unspecified atom stereocenters. The number of benzene rings is 2. The minimum Gasteiger partial charge on any atom is -0.478 e. The number of rotatable bonds is 8. The van der Waals surface area contributed by atoms with Crippen molar-refractivity contribution < 1.29 is 9.90 Å². The number of hydrogen-bond donors (Lipinski definition) is 1. The van der Waals surface area contributed by atoms with Gasteiger partial charge < -0.3 is 5.11 Å². The minimum atomic E-state index is -0.951. The zero-order chi connectivity index (χ0) is 21.7. The fourth-order valence-corrected chi connectivity index (χ4v) is 3.38. The highest BCUT2D eigenvalue weighted by atomic mass is 16.4. The monoisotopic (exact) mass is 405 g/mol. The van der Waals surface area contributed by atoms with Gasteiger partial charge in [-0.1, -0.05) is 68.5 Å². The zero-order valence-corrected chi connectivity index (χ0v) is 17.6. The molecule has 0 atom stereocenters. The van der Waals surface area contributed by atoms with Gasteiger partial charge in [0.15, 0.2) is 0 Å². The Balaban J connectivity index is 1.91. The normalized spacial score (nSPS) is 11.5. The average molecular weight is 405 g/mol. The van der Waals surface area contributed by atoms with Gasteiger partial charge in [-0.15, -0.1) is 0 Å². The second kappa shape index (κ2) is 9.39. The summed E-state index contributed by atoms with van der Waals surface area (Å²) in [6, 6.07) is 14.6. The van der Waals surface area contributed by atoms with Crippen LogP contribution < -0.4 is 5.69 Å².